The number of carbonyl (C=O) groups is 3. The number of halogens is 3. The second kappa shape index (κ2) is 8.99. The molecule has 0 bridgehead atoms. The topological polar surface area (TPSA) is 79.0 Å². The number of benzene rings is 1. The van der Waals surface area contributed by atoms with Crippen LogP contribution < -0.4 is 10.2 Å². The summed E-state index contributed by atoms with van der Waals surface area (Å²) >= 11 is 0. The molecule has 3 rings (SSSR count). The van der Waals surface area contributed by atoms with Gasteiger partial charge in [0.1, 0.15) is 5.60 Å². The average Bonchev–Trinajstić information content (AvgIpc) is 3.07. The maximum atomic E-state index is 13.0. The van der Waals surface area contributed by atoms with E-state index in [0.717, 1.165) is 12.1 Å². The minimum absolute atomic E-state index is 0.0365. The first-order chi connectivity index (χ1) is 14.8. The van der Waals surface area contributed by atoms with Gasteiger partial charge in [-0.15, -0.1) is 0 Å². The molecule has 7 nitrogen and oxygen atoms in total. The Balaban J connectivity index is 1.55. The van der Waals surface area contributed by atoms with Gasteiger partial charge in [0.2, 0.25) is 11.8 Å². The molecule has 0 aliphatic carbocycles. The lowest BCUT2D eigenvalue weighted by atomic mass is 10.0. The summed E-state index contributed by atoms with van der Waals surface area (Å²) in [5, 5.41) is 2.80. The van der Waals surface area contributed by atoms with Crippen LogP contribution in [-0.2, 0) is 20.5 Å². The van der Waals surface area contributed by atoms with Crippen molar-refractivity contribution in [2.75, 3.05) is 24.5 Å². The van der Waals surface area contributed by atoms with Crippen LogP contribution >= 0.6 is 0 Å². The number of piperidine rings is 1. The smallest absolute Gasteiger partial charge is 0.416 e. The number of anilines is 1. The van der Waals surface area contributed by atoms with E-state index in [1.54, 1.807) is 25.7 Å². The average molecular weight is 455 g/mol. The largest absolute Gasteiger partial charge is 0.444 e. The van der Waals surface area contributed by atoms with E-state index in [0.29, 0.717) is 25.9 Å². The number of alkyl halides is 3. The summed E-state index contributed by atoms with van der Waals surface area (Å²) in [6.45, 7) is 6.23. The molecule has 0 spiro atoms. The highest BCUT2D eigenvalue weighted by Gasteiger charge is 2.39. The molecule has 0 saturated carbocycles. The SMILES string of the molecule is CC(C)(C)OC(=O)NC1CCN(C(=O)C2CC(=O)N(c3cccc(C(F)(F)F)c3)C2)CC1. The molecule has 0 aromatic heterocycles. The van der Waals surface area contributed by atoms with Gasteiger partial charge in [-0.05, 0) is 51.8 Å². The van der Waals surface area contributed by atoms with E-state index >= 15 is 0 Å². The van der Waals surface area contributed by atoms with Crippen molar-refractivity contribution in [3.63, 3.8) is 0 Å². The van der Waals surface area contributed by atoms with Crippen molar-refractivity contribution in [2.45, 2.75) is 57.9 Å². The Morgan fingerprint density at radius 3 is 2.38 bits per heavy atom. The fourth-order valence-electron chi connectivity index (χ4n) is 3.95. The quantitative estimate of drug-likeness (QED) is 0.756. The summed E-state index contributed by atoms with van der Waals surface area (Å²) in [6, 6.07) is 4.46. The molecule has 3 amide bonds. The van der Waals surface area contributed by atoms with Crippen LogP contribution in [0.2, 0.25) is 0 Å². The fraction of sp³-hybridized carbons (Fsp3) is 0.591. The summed E-state index contributed by atoms with van der Waals surface area (Å²) in [4.78, 5) is 40.2. The molecule has 10 heteroatoms. The first kappa shape index (κ1) is 23.9. The number of nitrogens with one attached hydrogen (secondary N) is 1. The summed E-state index contributed by atoms with van der Waals surface area (Å²) in [6.07, 6.45) is -3.93. The van der Waals surface area contributed by atoms with Crippen LogP contribution in [0, 0.1) is 5.92 Å². The van der Waals surface area contributed by atoms with Gasteiger partial charge in [0.15, 0.2) is 0 Å². The molecule has 2 fully saturated rings. The molecule has 2 saturated heterocycles. The Morgan fingerprint density at radius 1 is 1.12 bits per heavy atom. The number of alkyl carbamates (subject to hydrolysis) is 1. The maximum absolute atomic E-state index is 13.0. The van der Waals surface area contributed by atoms with E-state index in [4.69, 9.17) is 4.74 Å². The first-order valence-electron chi connectivity index (χ1n) is 10.6. The monoisotopic (exact) mass is 455 g/mol. The van der Waals surface area contributed by atoms with Crippen molar-refractivity contribution in [1.29, 1.82) is 0 Å². The molecule has 1 N–H and O–H groups in total. The summed E-state index contributed by atoms with van der Waals surface area (Å²) < 4.78 is 44.2. The second-order valence-electron chi connectivity index (χ2n) is 9.20. The third-order valence-corrected chi connectivity index (χ3v) is 5.49. The zero-order valence-electron chi connectivity index (χ0n) is 18.4. The third-order valence-electron chi connectivity index (χ3n) is 5.49. The molecule has 1 atom stereocenters. The third kappa shape index (κ3) is 5.92. The molecule has 2 aliphatic heterocycles. The minimum atomic E-state index is -4.51. The number of carbonyl (C=O) groups excluding carboxylic acids is 3. The van der Waals surface area contributed by atoms with Crippen molar-refractivity contribution >= 4 is 23.6 Å². The summed E-state index contributed by atoms with van der Waals surface area (Å²) in [5.74, 6) is -1.17. The highest BCUT2D eigenvalue weighted by Crippen LogP contribution is 2.34. The van der Waals surface area contributed by atoms with Gasteiger partial charge in [-0.25, -0.2) is 4.79 Å². The number of hydrogen-bond acceptors (Lipinski definition) is 4. The zero-order chi connectivity index (χ0) is 23.7. The van der Waals surface area contributed by atoms with Gasteiger partial charge in [-0.1, -0.05) is 6.07 Å². The molecule has 32 heavy (non-hydrogen) atoms. The number of ether oxygens (including phenoxy) is 1. The van der Waals surface area contributed by atoms with E-state index in [1.807, 2.05) is 0 Å². The van der Waals surface area contributed by atoms with Crippen LogP contribution in [0.25, 0.3) is 0 Å². The number of hydrogen-bond donors (Lipinski definition) is 1. The molecular weight excluding hydrogens is 427 g/mol. The van der Waals surface area contributed by atoms with Gasteiger partial charge < -0.3 is 19.9 Å². The van der Waals surface area contributed by atoms with Crippen molar-refractivity contribution in [2.24, 2.45) is 5.92 Å². The van der Waals surface area contributed by atoms with Gasteiger partial charge >= 0.3 is 12.3 Å². The van der Waals surface area contributed by atoms with Crippen LogP contribution in [0.3, 0.4) is 0 Å². The van der Waals surface area contributed by atoms with Crippen LogP contribution in [0.5, 0.6) is 0 Å². The van der Waals surface area contributed by atoms with E-state index in [1.165, 1.54) is 17.0 Å². The van der Waals surface area contributed by atoms with Crippen molar-refractivity contribution in [1.82, 2.24) is 10.2 Å². The Bertz CT molecular complexity index is 874. The molecule has 1 unspecified atom stereocenters. The van der Waals surface area contributed by atoms with Crippen LogP contribution in [0.15, 0.2) is 24.3 Å². The molecule has 2 aliphatic rings. The van der Waals surface area contributed by atoms with E-state index in [-0.39, 0.29) is 36.5 Å². The van der Waals surface area contributed by atoms with Gasteiger partial charge in [0, 0.05) is 37.8 Å². The molecular formula is C22H28F3N3O4. The van der Waals surface area contributed by atoms with Crippen LogP contribution in [0.4, 0.5) is 23.7 Å². The van der Waals surface area contributed by atoms with Crippen molar-refractivity contribution in [3.05, 3.63) is 29.8 Å². The van der Waals surface area contributed by atoms with Crippen LogP contribution in [-0.4, -0.2) is 54.1 Å². The Kier molecular flexibility index (Phi) is 6.71. The Hall–Kier alpha value is -2.78. The first-order valence-corrected chi connectivity index (χ1v) is 10.6. The van der Waals surface area contributed by atoms with Gasteiger partial charge in [-0.2, -0.15) is 13.2 Å². The van der Waals surface area contributed by atoms with E-state index in [2.05, 4.69) is 5.32 Å². The second-order valence-corrected chi connectivity index (χ2v) is 9.20. The van der Waals surface area contributed by atoms with Gasteiger partial charge in [-0.3, -0.25) is 9.59 Å². The van der Waals surface area contributed by atoms with E-state index in [9.17, 15) is 27.6 Å². The lowest BCUT2D eigenvalue weighted by Crippen LogP contribution is -2.49. The van der Waals surface area contributed by atoms with Crippen LogP contribution in [0.1, 0.15) is 45.6 Å². The minimum Gasteiger partial charge on any atom is -0.444 e. The molecule has 1 aromatic carbocycles. The zero-order valence-corrected chi connectivity index (χ0v) is 18.4. The number of nitrogens with zero attached hydrogens (tertiary/aromatic N) is 2. The van der Waals surface area contributed by atoms with Crippen molar-refractivity contribution < 1.29 is 32.3 Å². The molecule has 2 heterocycles. The number of likely N-dealkylation sites (tertiary alicyclic amines) is 1. The lowest BCUT2D eigenvalue weighted by Gasteiger charge is -2.34. The highest BCUT2D eigenvalue weighted by atomic mass is 19.4. The van der Waals surface area contributed by atoms with E-state index < -0.39 is 29.4 Å². The standard InChI is InChI=1S/C22H28F3N3O4/c1-21(2,3)32-20(31)26-16-7-9-27(10-8-16)19(30)14-11-18(29)28(13-14)17-6-4-5-15(12-17)22(23,24)25/h4-6,12,14,16H,7-11,13H2,1-3H3,(H,26,31). The van der Waals surface area contributed by atoms with Crippen molar-refractivity contribution in [3.8, 4) is 0 Å². The van der Waals surface area contributed by atoms with Gasteiger partial charge in [0.25, 0.3) is 0 Å². The molecule has 176 valence electrons. The number of rotatable bonds is 3. The summed E-state index contributed by atoms with van der Waals surface area (Å²) in [5.41, 5.74) is -1.29. The Morgan fingerprint density at radius 2 is 1.78 bits per heavy atom. The fourth-order valence-corrected chi connectivity index (χ4v) is 3.95. The molecule has 1 aromatic rings. The predicted molar refractivity (Wildman–Crippen MR) is 111 cm³/mol. The highest BCUT2D eigenvalue weighted by molar-refractivity contribution is 6.00. The molecule has 0 radical (unpaired) electrons. The predicted octanol–water partition coefficient (Wildman–Crippen LogP) is 3.57. The number of amides is 3. The maximum Gasteiger partial charge on any atom is 0.416 e. The Labute approximate surface area is 184 Å². The van der Waals surface area contributed by atoms with Gasteiger partial charge in [0.05, 0.1) is 11.5 Å². The normalized spacial score (nSPS) is 20.4. The lowest BCUT2D eigenvalue weighted by molar-refractivity contribution is -0.138. The summed E-state index contributed by atoms with van der Waals surface area (Å²) in [7, 11) is 0.